The lowest BCUT2D eigenvalue weighted by Gasteiger charge is -2.14. The van der Waals surface area contributed by atoms with Gasteiger partial charge in [-0.2, -0.15) is 0 Å². The van der Waals surface area contributed by atoms with E-state index in [4.69, 9.17) is 0 Å². The van der Waals surface area contributed by atoms with Crippen molar-refractivity contribution in [3.8, 4) is 11.1 Å². The molecule has 4 aromatic rings. The fourth-order valence-electron chi connectivity index (χ4n) is 3.90. The third kappa shape index (κ3) is 4.36. The van der Waals surface area contributed by atoms with Crippen LogP contribution in [-0.4, -0.2) is 15.5 Å². The van der Waals surface area contributed by atoms with Gasteiger partial charge in [-0.3, -0.25) is 14.2 Å². The van der Waals surface area contributed by atoms with Gasteiger partial charge in [-0.15, -0.1) is 11.3 Å². The van der Waals surface area contributed by atoms with Crippen molar-refractivity contribution in [2.75, 3.05) is 5.32 Å². The van der Waals surface area contributed by atoms with Gasteiger partial charge >= 0.3 is 0 Å². The molecule has 0 radical (unpaired) electrons. The van der Waals surface area contributed by atoms with E-state index in [-0.39, 0.29) is 24.4 Å². The van der Waals surface area contributed by atoms with Crippen LogP contribution < -0.4 is 10.9 Å². The Balaban J connectivity index is 1.56. The summed E-state index contributed by atoms with van der Waals surface area (Å²) < 4.78 is 1.54. The van der Waals surface area contributed by atoms with Crippen molar-refractivity contribution in [3.05, 3.63) is 81.2 Å². The van der Waals surface area contributed by atoms with Gasteiger partial charge in [0.25, 0.3) is 5.56 Å². The van der Waals surface area contributed by atoms with Crippen molar-refractivity contribution in [1.82, 2.24) is 9.55 Å². The minimum absolute atomic E-state index is 0.100. The zero-order valence-electron chi connectivity index (χ0n) is 18.6. The molecule has 0 aliphatic rings. The van der Waals surface area contributed by atoms with Crippen molar-refractivity contribution < 1.29 is 4.79 Å². The topological polar surface area (TPSA) is 64.0 Å². The largest absolute Gasteiger partial charge is 0.326 e. The van der Waals surface area contributed by atoms with Gasteiger partial charge in [0.05, 0.1) is 11.7 Å². The minimum Gasteiger partial charge on any atom is -0.326 e. The molecule has 0 unspecified atom stereocenters. The van der Waals surface area contributed by atoms with Crippen LogP contribution in [0.5, 0.6) is 0 Å². The first kappa shape index (κ1) is 22.0. The van der Waals surface area contributed by atoms with Crippen molar-refractivity contribution in [1.29, 1.82) is 0 Å². The molecular weight excluding hydrogens is 418 g/mol. The number of rotatable bonds is 7. The highest BCUT2D eigenvalue weighted by Crippen LogP contribution is 2.30. The van der Waals surface area contributed by atoms with Crippen molar-refractivity contribution in [2.24, 2.45) is 0 Å². The molecule has 2 heterocycles. The Morgan fingerprint density at radius 3 is 2.41 bits per heavy atom. The first-order chi connectivity index (χ1) is 15.5. The molecule has 5 nitrogen and oxygen atoms in total. The molecule has 0 aliphatic carbocycles. The van der Waals surface area contributed by atoms with Crippen molar-refractivity contribution in [2.45, 2.75) is 46.6 Å². The van der Waals surface area contributed by atoms with E-state index in [1.807, 2.05) is 54.8 Å². The summed E-state index contributed by atoms with van der Waals surface area (Å²) in [7, 11) is 0. The molecule has 1 amide bonds. The Bertz CT molecular complexity index is 1300. The Hall–Kier alpha value is -3.25. The summed E-state index contributed by atoms with van der Waals surface area (Å²) in [6.07, 6.45) is 3.45. The van der Waals surface area contributed by atoms with Gasteiger partial charge in [-0.05, 0) is 36.5 Å². The molecular formula is C26H27N3O2S. The number of carbonyl (C=O) groups is 1. The summed E-state index contributed by atoms with van der Waals surface area (Å²) in [6.45, 7) is 6.48. The summed E-state index contributed by atoms with van der Waals surface area (Å²) in [5, 5.41) is 5.67. The molecule has 0 bridgehead atoms. The second-order valence-corrected chi connectivity index (χ2v) is 8.75. The molecule has 0 saturated heterocycles. The number of benzene rings is 2. The standard InChI is InChI=1S/C26H27N3O2S/c1-4-18-7-6-8-19(5-2)24(18)28-22(30)13-14-29-16-27-25-23(26(29)31)21(15-32-25)20-11-9-17(3)10-12-20/h6-12,15-16H,4-5,13-14H2,1-3H3,(H,28,30). The number of para-hydroxylation sites is 1. The van der Waals surface area contributed by atoms with E-state index in [1.165, 1.54) is 16.9 Å². The van der Waals surface area contributed by atoms with E-state index in [0.717, 1.165) is 45.6 Å². The third-order valence-corrected chi connectivity index (χ3v) is 6.65. The SMILES string of the molecule is CCc1cccc(CC)c1NC(=O)CCn1cnc2scc(-c3ccc(C)cc3)c2c1=O. The van der Waals surface area contributed by atoms with Gasteiger partial charge < -0.3 is 5.32 Å². The Labute approximate surface area is 191 Å². The van der Waals surface area contributed by atoms with Crippen LogP contribution in [0.15, 0.2) is 59.0 Å². The molecule has 0 fully saturated rings. The highest BCUT2D eigenvalue weighted by atomic mass is 32.1. The molecule has 0 saturated carbocycles. The van der Waals surface area contributed by atoms with Crippen LogP contribution >= 0.6 is 11.3 Å². The van der Waals surface area contributed by atoms with Crippen LogP contribution in [0, 0.1) is 6.92 Å². The monoisotopic (exact) mass is 445 g/mol. The summed E-state index contributed by atoms with van der Waals surface area (Å²) in [5.74, 6) is -0.100. The number of hydrogen-bond acceptors (Lipinski definition) is 4. The number of nitrogens with one attached hydrogen (secondary N) is 1. The lowest BCUT2D eigenvalue weighted by atomic mass is 10.0. The van der Waals surface area contributed by atoms with Crippen LogP contribution in [0.3, 0.4) is 0 Å². The Morgan fingerprint density at radius 2 is 1.75 bits per heavy atom. The predicted octanol–water partition coefficient (Wildman–Crippen LogP) is 5.59. The lowest BCUT2D eigenvalue weighted by molar-refractivity contribution is -0.116. The van der Waals surface area contributed by atoms with Gasteiger partial charge in [0.15, 0.2) is 0 Å². The molecule has 6 heteroatoms. The molecule has 2 aromatic carbocycles. The second-order valence-electron chi connectivity index (χ2n) is 7.90. The zero-order chi connectivity index (χ0) is 22.7. The van der Waals surface area contributed by atoms with Crippen LogP contribution in [0.4, 0.5) is 5.69 Å². The number of fused-ring (bicyclic) bond motifs is 1. The van der Waals surface area contributed by atoms with Crippen molar-refractivity contribution in [3.63, 3.8) is 0 Å². The third-order valence-electron chi connectivity index (χ3n) is 5.77. The molecule has 0 aliphatic heterocycles. The zero-order valence-corrected chi connectivity index (χ0v) is 19.5. The Kier molecular flexibility index (Phi) is 6.51. The van der Waals surface area contributed by atoms with E-state index in [0.29, 0.717) is 5.39 Å². The molecule has 0 atom stereocenters. The van der Waals surface area contributed by atoms with Crippen LogP contribution in [0.1, 0.15) is 37.0 Å². The maximum atomic E-state index is 13.2. The van der Waals surface area contributed by atoms with Gasteiger partial charge in [-0.1, -0.05) is 61.9 Å². The minimum atomic E-state index is -0.108. The number of nitrogens with zero attached hydrogens (tertiary/aromatic N) is 2. The summed E-state index contributed by atoms with van der Waals surface area (Å²) in [5.41, 5.74) is 6.11. The highest BCUT2D eigenvalue weighted by Gasteiger charge is 2.15. The summed E-state index contributed by atoms with van der Waals surface area (Å²) in [4.78, 5) is 31.1. The van der Waals surface area contributed by atoms with E-state index in [1.54, 1.807) is 10.9 Å². The van der Waals surface area contributed by atoms with Gasteiger partial charge in [0, 0.05) is 29.6 Å². The van der Waals surface area contributed by atoms with E-state index < -0.39 is 0 Å². The molecule has 0 spiro atoms. The molecule has 2 aromatic heterocycles. The molecule has 4 rings (SSSR count). The number of carbonyl (C=O) groups excluding carboxylic acids is 1. The highest BCUT2D eigenvalue weighted by molar-refractivity contribution is 7.17. The number of aryl methyl sites for hydroxylation is 4. The number of aromatic nitrogens is 2. The molecule has 164 valence electrons. The van der Waals surface area contributed by atoms with Crippen LogP contribution in [-0.2, 0) is 24.2 Å². The normalized spacial score (nSPS) is 11.1. The van der Waals surface area contributed by atoms with Crippen LogP contribution in [0.25, 0.3) is 21.3 Å². The fraction of sp³-hybridized carbons (Fsp3) is 0.269. The number of thiophene rings is 1. The first-order valence-electron chi connectivity index (χ1n) is 11.0. The van der Waals surface area contributed by atoms with E-state index >= 15 is 0 Å². The molecule has 1 N–H and O–H groups in total. The van der Waals surface area contributed by atoms with Gasteiger partial charge in [-0.25, -0.2) is 4.98 Å². The van der Waals surface area contributed by atoms with Crippen LogP contribution in [0.2, 0.25) is 0 Å². The quantitative estimate of drug-likeness (QED) is 0.403. The first-order valence-corrected chi connectivity index (χ1v) is 11.8. The number of anilines is 1. The van der Waals surface area contributed by atoms with E-state index in [2.05, 4.69) is 24.1 Å². The predicted molar refractivity (Wildman–Crippen MR) is 132 cm³/mol. The smallest absolute Gasteiger partial charge is 0.262 e. The average molecular weight is 446 g/mol. The maximum absolute atomic E-state index is 13.2. The lowest BCUT2D eigenvalue weighted by Crippen LogP contribution is -2.24. The summed E-state index contributed by atoms with van der Waals surface area (Å²) in [6, 6.07) is 14.2. The van der Waals surface area contributed by atoms with E-state index in [9.17, 15) is 9.59 Å². The summed E-state index contributed by atoms with van der Waals surface area (Å²) >= 11 is 1.47. The number of hydrogen-bond donors (Lipinski definition) is 1. The van der Waals surface area contributed by atoms with Crippen molar-refractivity contribution >= 4 is 33.1 Å². The fourth-order valence-corrected chi connectivity index (χ4v) is 4.81. The average Bonchev–Trinajstić information content (AvgIpc) is 3.24. The number of amides is 1. The second kappa shape index (κ2) is 9.49. The van der Waals surface area contributed by atoms with Gasteiger partial charge in [0.1, 0.15) is 4.83 Å². The van der Waals surface area contributed by atoms with Gasteiger partial charge in [0.2, 0.25) is 5.91 Å². The maximum Gasteiger partial charge on any atom is 0.262 e. The Morgan fingerprint density at radius 1 is 1.06 bits per heavy atom. The molecule has 32 heavy (non-hydrogen) atoms.